The van der Waals surface area contributed by atoms with Gasteiger partial charge in [0.15, 0.2) is 18.1 Å². The first kappa shape index (κ1) is 18.6. The molecule has 1 aromatic heterocycles. The Balaban J connectivity index is 1.72. The number of para-hydroxylation sites is 1. The zero-order valence-corrected chi connectivity index (χ0v) is 15.8. The second kappa shape index (κ2) is 7.34. The summed E-state index contributed by atoms with van der Waals surface area (Å²) in [6.45, 7) is 1.26. The van der Waals surface area contributed by atoms with Crippen molar-refractivity contribution in [3.63, 3.8) is 0 Å². The van der Waals surface area contributed by atoms with Crippen molar-refractivity contribution in [3.8, 4) is 17.2 Å². The van der Waals surface area contributed by atoms with Gasteiger partial charge in [0, 0.05) is 0 Å². The molecule has 3 aromatic rings. The molecule has 4 rings (SSSR count). The van der Waals surface area contributed by atoms with Crippen LogP contribution in [0.15, 0.2) is 42.6 Å². The minimum Gasteiger partial charge on any atom is -0.494 e. The molecule has 0 unspecified atom stereocenters. The number of carbonyl (C=O) groups excluding carboxylic acids is 2. The van der Waals surface area contributed by atoms with Gasteiger partial charge in [-0.05, 0) is 31.2 Å². The van der Waals surface area contributed by atoms with E-state index in [-0.39, 0.29) is 36.3 Å². The molecule has 0 bridgehead atoms. The van der Waals surface area contributed by atoms with E-state index in [1.807, 2.05) is 0 Å². The van der Waals surface area contributed by atoms with Crippen LogP contribution >= 0.6 is 0 Å². The fourth-order valence-electron chi connectivity index (χ4n) is 3.19. The lowest BCUT2D eigenvalue weighted by Crippen LogP contribution is -2.39. The summed E-state index contributed by atoms with van der Waals surface area (Å²) in [5.41, 5.74) is 1.39. The Morgan fingerprint density at radius 3 is 2.79 bits per heavy atom. The number of rotatable bonds is 5. The normalized spacial score (nSPS) is 13.1. The molecule has 9 heteroatoms. The van der Waals surface area contributed by atoms with Crippen LogP contribution in [0, 0.1) is 5.82 Å². The molecule has 148 valence electrons. The molecule has 0 atom stereocenters. The first-order valence-corrected chi connectivity index (χ1v) is 8.81. The van der Waals surface area contributed by atoms with Crippen molar-refractivity contribution in [3.05, 3.63) is 59.7 Å². The highest BCUT2D eigenvalue weighted by Gasteiger charge is 2.32. The summed E-state index contributed by atoms with van der Waals surface area (Å²) in [5.74, 6) is -0.275. The summed E-state index contributed by atoms with van der Waals surface area (Å²) in [5, 5.41) is 8.01. The number of fused-ring (bicyclic) bond motifs is 1. The number of nitrogens with zero attached hydrogens (tertiary/aromatic N) is 4. The lowest BCUT2D eigenvalue weighted by atomic mass is 10.1. The Hall–Kier alpha value is -3.75. The Labute approximate surface area is 165 Å². The number of methoxy groups -OCH3 is 1. The van der Waals surface area contributed by atoms with Gasteiger partial charge in [0.1, 0.15) is 28.6 Å². The maximum Gasteiger partial charge on any atom is 0.265 e. The summed E-state index contributed by atoms with van der Waals surface area (Å²) < 4.78 is 26.2. The number of Topliss-reactive ketones (excluding diaryl/α,β-unsaturated/α-hetero) is 1. The summed E-state index contributed by atoms with van der Waals surface area (Å²) in [7, 11) is 1.47. The second-order valence-electron chi connectivity index (χ2n) is 6.42. The Kier molecular flexibility index (Phi) is 4.71. The van der Waals surface area contributed by atoms with Gasteiger partial charge in [-0.1, -0.05) is 17.3 Å². The van der Waals surface area contributed by atoms with Crippen LogP contribution in [0.5, 0.6) is 11.5 Å². The standard InChI is InChI=1S/C20H17FN4O4/c1-12(26)14-7-8-17(28-2)19-20(14)29-11-18(27)24(19)9-13-10-25(23-22-13)16-6-4-3-5-15(16)21/h3-8,10H,9,11H2,1-2H3. The molecular weight excluding hydrogens is 379 g/mol. The average Bonchev–Trinajstić information content (AvgIpc) is 3.17. The molecule has 2 heterocycles. The molecule has 8 nitrogen and oxygen atoms in total. The van der Waals surface area contributed by atoms with Crippen molar-refractivity contribution < 1.29 is 23.5 Å². The van der Waals surface area contributed by atoms with Gasteiger partial charge in [0.25, 0.3) is 5.91 Å². The number of ketones is 1. The summed E-state index contributed by atoms with van der Waals surface area (Å²) in [6.07, 6.45) is 1.54. The molecule has 0 spiro atoms. The van der Waals surface area contributed by atoms with Crippen molar-refractivity contribution >= 4 is 17.4 Å². The van der Waals surface area contributed by atoms with E-state index in [1.165, 1.54) is 29.7 Å². The maximum absolute atomic E-state index is 14.0. The topological polar surface area (TPSA) is 86.5 Å². The first-order valence-electron chi connectivity index (χ1n) is 8.81. The fraction of sp³-hybridized carbons (Fsp3) is 0.200. The highest BCUT2D eigenvalue weighted by Crippen LogP contribution is 2.43. The Morgan fingerprint density at radius 2 is 2.07 bits per heavy atom. The van der Waals surface area contributed by atoms with Crippen LogP contribution < -0.4 is 14.4 Å². The van der Waals surface area contributed by atoms with E-state index >= 15 is 0 Å². The SMILES string of the molecule is COc1ccc(C(C)=O)c2c1N(Cc1cn(-c3ccccc3F)nn1)C(=O)CO2. The van der Waals surface area contributed by atoms with Crippen LogP contribution in [-0.4, -0.2) is 40.4 Å². The minimum atomic E-state index is -0.440. The van der Waals surface area contributed by atoms with Crippen molar-refractivity contribution in [2.24, 2.45) is 0 Å². The molecular formula is C20H17FN4O4. The van der Waals surface area contributed by atoms with Crippen molar-refractivity contribution in [2.75, 3.05) is 18.6 Å². The van der Waals surface area contributed by atoms with Crippen LogP contribution in [0.3, 0.4) is 0 Å². The van der Waals surface area contributed by atoms with Crippen LogP contribution in [0.25, 0.3) is 5.69 Å². The van der Waals surface area contributed by atoms with Gasteiger partial charge < -0.3 is 9.47 Å². The molecule has 0 saturated heterocycles. The van der Waals surface area contributed by atoms with Crippen molar-refractivity contribution in [2.45, 2.75) is 13.5 Å². The molecule has 0 fully saturated rings. The van der Waals surface area contributed by atoms with Crippen LogP contribution in [-0.2, 0) is 11.3 Å². The number of halogens is 1. The molecule has 0 N–H and O–H groups in total. The Bertz CT molecular complexity index is 1110. The predicted octanol–water partition coefficient (Wildman–Crippen LogP) is 2.54. The lowest BCUT2D eigenvalue weighted by Gasteiger charge is -2.31. The largest absolute Gasteiger partial charge is 0.494 e. The van der Waals surface area contributed by atoms with E-state index in [9.17, 15) is 14.0 Å². The average molecular weight is 396 g/mol. The van der Waals surface area contributed by atoms with Crippen molar-refractivity contribution in [1.29, 1.82) is 0 Å². The zero-order chi connectivity index (χ0) is 20.5. The van der Waals surface area contributed by atoms with Gasteiger partial charge in [0.05, 0.1) is 25.4 Å². The van der Waals surface area contributed by atoms with Crippen LogP contribution in [0.4, 0.5) is 10.1 Å². The van der Waals surface area contributed by atoms with E-state index in [2.05, 4.69) is 10.3 Å². The summed E-state index contributed by atoms with van der Waals surface area (Å²) >= 11 is 0. The third-order valence-electron chi connectivity index (χ3n) is 4.56. The van der Waals surface area contributed by atoms with Gasteiger partial charge in [0.2, 0.25) is 0 Å². The number of amides is 1. The van der Waals surface area contributed by atoms with Gasteiger partial charge in [-0.2, -0.15) is 0 Å². The molecule has 0 saturated carbocycles. The smallest absolute Gasteiger partial charge is 0.265 e. The monoisotopic (exact) mass is 396 g/mol. The summed E-state index contributed by atoms with van der Waals surface area (Å²) in [6, 6.07) is 9.38. The van der Waals surface area contributed by atoms with E-state index in [0.29, 0.717) is 22.7 Å². The zero-order valence-electron chi connectivity index (χ0n) is 15.8. The van der Waals surface area contributed by atoms with Gasteiger partial charge in [-0.15, -0.1) is 5.10 Å². The van der Waals surface area contributed by atoms with Gasteiger partial charge in [-0.25, -0.2) is 9.07 Å². The number of hydrogen-bond donors (Lipinski definition) is 0. The van der Waals surface area contributed by atoms with Crippen molar-refractivity contribution in [1.82, 2.24) is 15.0 Å². The van der Waals surface area contributed by atoms with Gasteiger partial charge in [-0.3, -0.25) is 14.5 Å². The van der Waals surface area contributed by atoms with Crippen LogP contribution in [0.1, 0.15) is 23.0 Å². The highest BCUT2D eigenvalue weighted by molar-refractivity contribution is 6.05. The van der Waals surface area contributed by atoms with Crippen LogP contribution in [0.2, 0.25) is 0 Å². The quantitative estimate of drug-likeness (QED) is 0.616. The highest BCUT2D eigenvalue weighted by atomic mass is 19.1. The van der Waals surface area contributed by atoms with Gasteiger partial charge >= 0.3 is 0 Å². The molecule has 0 aliphatic carbocycles. The molecule has 0 radical (unpaired) electrons. The van der Waals surface area contributed by atoms with E-state index in [0.717, 1.165) is 0 Å². The number of ether oxygens (including phenoxy) is 2. The third kappa shape index (κ3) is 3.31. The molecule has 1 aliphatic heterocycles. The third-order valence-corrected chi connectivity index (χ3v) is 4.56. The number of benzene rings is 2. The lowest BCUT2D eigenvalue weighted by molar-refractivity contribution is -0.121. The Morgan fingerprint density at radius 1 is 1.28 bits per heavy atom. The minimum absolute atomic E-state index is 0.0569. The molecule has 1 amide bonds. The van der Waals surface area contributed by atoms with E-state index in [1.54, 1.807) is 36.5 Å². The number of aromatic nitrogens is 3. The maximum atomic E-state index is 14.0. The number of anilines is 1. The molecule has 29 heavy (non-hydrogen) atoms. The number of hydrogen-bond acceptors (Lipinski definition) is 6. The fourth-order valence-corrected chi connectivity index (χ4v) is 3.19. The van der Waals surface area contributed by atoms with E-state index < -0.39 is 5.82 Å². The number of carbonyl (C=O) groups is 2. The molecule has 1 aliphatic rings. The summed E-state index contributed by atoms with van der Waals surface area (Å²) in [4.78, 5) is 26.0. The van der Waals surface area contributed by atoms with E-state index in [4.69, 9.17) is 9.47 Å². The predicted molar refractivity (Wildman–Crippen MR) is 101 cm³/mol. The first-order chi connectivity index (χ1) is 14.0. The second-order valence-corrected chi connectivity index (χ2v) is 6.42. The molecule has 2 aromatic carbocycles.